The zero-order valence-electron chi connectivity index (χ0n) is 26.3. The van der Waals surface area contributed by atoms with E-state index in [1.54, 1.807) is 24.3 Å². The summed E-state index contributed by atoms with van der Waals surface area (Å²) >= 11 is 0. The van der Waals surface area contributed by atoms with Crippen molar-refractivity contribution in [2.45, 2.75) is 61.2 Å². The van der Waals surface area contributed by atoms with Crippen LogP contribution in [0.2, 0.25) is 0 Å². The average Bonchev–Trinajstić information content (AvgIpc) is 3.39. The van der Waals surface area contributed by atoms with Gasteiger partial charge < -0.3 is 64.2 Å². The predicted molar refractivity (Wildman–Crippen MR) is 169 cm³/mol. The Hall–Kier alpha value is -4.58. The molecule has 50 heavy (non-hydrogen) atoms. The molecule has 7 N–H and O–H groups in total. The van der Waals surface area contributed by atoms with Crippen LogP contribution in [0.15, 0.2) is 72.8 Å². The molecular weight excluding hydrogens is 660 g/mol. The molecule has 0 aliphatic carbocycles. The van der Waals surface area contributed by atoms with Crippen LogP contribution < -0.4 is 9.47 Å². The first kappa shape index (κ1) is 35.3. The van der Waals surface area contributed by atoms with Crippen molar-refractivity contribution in [3.63, 3.8) is 0 Å². The minimum atomic E-state index is -2.10. The van der Waals surface area contributed by atoms with Crippen molar-refractivity contribution < 1.29 is 73.8 Å². The Morgan fingerprint density at radius 2 is 1.66 bits per heavy atom. The van der Waals surface area contributed by atoms with E-state index >= 15 is 0 Å². The standard InChI is InChI=1S/C35H36O15/c36-15-27-29(41)30(42)31(50-34-32(43)35(44,17-46-34)16-45-28(40)12-3-18-1-6-20(37)7-2-18)33(49-27)47-22-9-4-19(5-10-22)25-14-24(39)23-11-8-21(38)13-26(23)48-25/h1-13,25,27,29-34,36-38,41-44H,14-17H2/b12-3+/t25-,27+,29+,30-,31+,32+,33+,34-,35+/m0/s1. The van der Waals surface area contributed by atoms with Crippen LogP contribution in [0.25, 0.3) is 6.08 Å². The van der Waals surface area contributed by atoms with Gasteiger partial charge in [0.05, 0.1) is 25.2 Å². The minimum Gasteiger partial charge on any atom is -0.508 e. The summed E-state index contributed by atoms with van der Waals surface area (Å²) < 4.78 is 33.9. The van der Waals surface area contributed by atoms with Crippen molar-refractivity contribution in [3.05, 3.63) is 89.5 Å². The minimum absolute atomic E-state index is 0.0436. The van der Waals surface area contributed by atoms with Crippen molar-refractivity contribution in [2.75, 3.05) is 19.8 Å². The van der Waals surface area contributed by atoms with Gasteiger partial charge in [0.1, 0.15) is 60.1 Å². The van der Waals surface area contributed by atoms with Gasteiger partial charge >= 0.3 is 5.97 Å². The Labute approximate surface area is 285 Å². The highest BCUT2D eigenvalue weighted by atomic mass is 16.8. The molecule has 2 fully saturated rings. The highest BCUT2D eigenvalue weighted by Crippen LogP contribution is 2.38. The van der Waals surface area contributed by atoms with Crippen molar-refractivity contribution in [1.82, 2.24) is 0 Å². The van der Waals surface area contributed by atoms with Crippen LogP contribution in [0, 0.1) is 0 Å². The average molecular weight is 697 g/mol. The fraction of sp³-hybridized carbons (Fsp3) is 0.371. The molecule has 0 bridgehead atoms. The van der Waals surface area contributed by atoms with Crippen LogP contribution in [0.3, 0.4) is 0 Å². The number of carbonyl (C=O) groups excluding carboxylic acids is 2. The normalized spacial score (nSPS) is 30.9. The lowest BCUT2D eigenvalue weighted by Gasteiger charge is -2.42. The number of hydrogen-bond donors (Lipinski definition) is 7. The number of carbonyl (C=O) groups is 2. The van der Waals surface area contributed by atoms with Crippen LogP contribution in [0.5, 0.6) is 23.0 Å². The number of Topliss-reactive ketones (excluding diaryl/α,β-unsaturated/α-hetero) is 1. The quantitative estimate of drug-likeness (QED) is 0.114. The number of aromatic hydroxyl groups is 2. The molecule has 15 heteroatoms. The molecule has 266 valence electrons. The zero-order chi connectivity index (χ0) is 35.6. The Morgan fingerprint density at radius 3 is 2.38 bits per heavy atom. The molecule has 3 aromatic rings. The van der Waals surface area contributed by atoms with Crippen LogP contribution in [0.1, 0.15) is 34.0 Å². The lowest BCUT2D eigenvalue weighted by atomic mass is 9.96. The Morgan fingerprint density at radius 1 is 0.940 bits per heavy atom. The largest absolute Gasteiger partial charge is 0.508 e. The maximum absolute atomic E-state index is 12.7. The summed E-state index contributed by atoms with van der Waals surface area (Å²) in [6, 6.07) is 16.6. The lowest BCUT2D eigenvalue weighted by Crippen LogP contribution is -2.62. The number of ether oxygens (including phenoxy) is 6. The van der Waals surface area contributed by atoms with Gasteiger partial charge in [-0.3, -0.25) is 4.79 Å². The summed E-state index contributed by atoms with van der Waals surface area (Å²) in [5.41, 5.74) is -0.508. The van der Waals surface area contributed by atoms with E-state index in [1.165, 1.54) is 48.5 Å². The second-order valence-electron chi connectivity index (χ2n) is 12.2. The molecule has 0 radical (unpaired) electrons. The summed E-state index contributed by atoms with van der Waals surface area (Å²) in [6.07, 6.45) is -9.03. The Balaban J connectivity index is 1.10. The van der Waals surface area contributed by atoms with Gasteiger partial charge in [0.25, 0.3) is 0 Å². The van der Waals surface area contributed by atoms with E-state index < -0.39 is 80.6 Å². The Kier molecular flexibility index (Phi) is 10.4. The van der Waals surface area contributed by atoms with Crippen LogP contribution in [-0.4, -0.2) is 116 Å². The molecule has 6 rings (SSSR count). The molecule has 3 aliphatic rings. The highest BCUT2D eigenvalue weighted by Gasteiger charge is 2.54. The molecule has 3 aromatic carbocycles. The van der Waals surface area contributed by atoms with E-state index in [9.17, 15) is 45.3 Å². The first-order valence-corrected chi connectivity index (χ1v) is 15.7. The van der Waals surface area contributed by atoms with Crippen molar-refractivity contribution in [1.29, 1.82) is 0 Å². The van der Waals surface area contributed by atoms with Gasteiger partial charge in [0, 0.05) is 12.1 Å². The number of benzene rings is 3. The third-order valence-electron chi connectivity index (χ3n) is 8.60. The van der Waals surface area contributed by atoms with E-state index in [4.69, 9.17) is 28.4 Å². The van der Waals surface area contributed by atoms with Crippen molar-refractivity contribution in [3.8, 4) is 23.0 Å². The Bertz CT molecular complexity index is 1690. The van der Waals surface area contributed by atoms with Gasteiger partial charge in [-0.05, 0) is 53.6 Å². The van der Waals surface area contributed by atoms with Gasteiger partial charge in [-0.25, -0.2) is 4.79 Å². The van der Waals surface area contributed by atoms with E-state index in [0.29, 0.717) is 16.7 Å². The zero-order valence-corrected chi connectivity index (χ0v) is 26.3. The lowest BCUT2D eigenvalue weighted by molar-refractivity contribution is -0.318. The summed E-state index contributed by atoms with van der Waals surface area (Å²) in [7, 11) is 0. The van der Waals surface area contributed by atoms with Crippen LogP contribution >= 0.6 is 0 Å². The molecule has 3 heterocycles. The molecular formula is C35H36O15. The second-order valence-corrected chi connectivity index (χ2v) is 12.2. The molecule has 0 spiro atoms. The van der Waals surface area contributed by atoms with Gasteiger partial charge in [0.15, 0.2) is 23.8 Å². The molecule has 15 nitrogen and oxygen atoms in total. The molecule has 3 aliphatic heterocycles. The van der Waals surface area contributed by atoms with Gasteiger partial charge in [-0.1, -0.05) is 24.3 Å². The number of aliphatic hydroxyl groups is 5. The van der Waals surface area contributed by atoms with Crippen LogP contribution in [-0.2, 0) is 23.7 Å². The first-order valence-electron chi connectivity index (χ1n) is 15.7. The fourth-order valence-electron chi connectivity index (χ4n) is 5.74. The maximum atomic E-state index is 12.7. The molecule has 0 saturated carbocycles. The second kappa shape index (κ2) is 14.7. The fourth-order valence-corrected chi connectivity index (χ4v) is 5.74. The number of rotatable bonds is 10. The van der Waals surface area contributed by atoms with Gasteiger partial charge in [-0.15, -0.1) is 0 Å². The van der Waals surface area contributed by atoms with Gasteiger partial charge in [-0.2, -0.15) is 0 Å². The molecule has 2 saturated heterocycles. The monoisotopic (exact) mass is 696 g/mol. The van der Waals surface area contributed by atoms with Crippen molar-refractivity contribution >= 4 is 17.8 Å². The summed E-state index contributed by atoms with van der Waals surface area (Å²) in [5.74, 6) is -0.515. The number of aliphatic hydroxyl groups excluding tert-OH is 4. The smallest absolute Gasteiger partial charge is 0.330 e. The SMILES string of the molecule is O=C(/C=C/c1ccc(O)cc1)OC[C@@]1(O)CO[C@@H](O[C@H]2[C@H](Oc3ccc([C@@H]4CC(=O)c5ccc(O)cc5O4)cc3)O[C@H](CO)[C@@H](O)[C@@H]2O)[C@H]1O. The van der Waals surface area contributed by atoms with E-state index in [-0.39, 0.29) is 35.2 Å². The maximum Gasteiger partial charge on any atom is 0.330 e. The van der Waals surface area contributed by atoms with E-state index in [2.05, 4.69) is 0 Å². The topological polar surface area (TPSA) is 231 Å². The predicted octanol–water partition coefficient (Wildman–Crippen LogP) is 0.712. The van der Waals surface area contributed by atoms with Gasteiger partial charge in [0.2, 0.25) is 6.29 Å². The third kappa shape index (κ3) is 7.60. The summed E-state index contributed by atoms with van der Waals surface area (Å²) in [5, 5.41) is 72.4. The van der Waals surface area contributed by atoms with E-state index in [1.807, 2.05) is 0 Å². The van der Waals surface area contributed by atoms with Crippen molar-refractivity contribution in [2.24, 2.45) is 0 Å². The number of fused-ring (bicyclic) bond motifs is 1. The summed E-state index contributed by atoms with van der Waals surface area (Å²) in [4.78, 5) is 24.9. The molecule has 0 amide bonds. The molecule has 9 atom stereocenters. The molecule has 0 unspecified atom stereocenters. The number of esters is 1. The first-order chi connectivity index (χ1) is 23.9. The molecule has 0 aromatic heterocycles. The third-order valence-corrected chi connectivity index (χ3v) is 8.60. The number of ketones is 1. The number of phenolic OH excluding ortho intramolecular Hbond substituents is 2. The highest BCUT2D eigenvalue weighted by molar-refractivity contribution is 6.00. The number of hydrogen-bond acceptors (Lipinski definition) is 15. The summed E-state index contributed by atoms with van der Waals surface area (Å²) in [6.45, 7) is -1.88. The van der Waals surface area contributed by atoms with Crippen LogP contribution in [0.4, 0.5) is 0 Å². The van der Waals surface area contributed by atoms with E-state index in [0.717, 1.165) is 6.08 Å². The number of phenols is 2.